The Bertz CT molecular complexity index is 410. The first-order chi connectivity index (χ1) is 7.34. The maximum absolute atomic E-state index is 5.38. The van der Waals surface area contributed by atoms with Gasteiger partial charge in [0.25, 0.3) is 0 Å². The number of rotatable bonds is 4. The molecule has 0 radical (unpaired) electrons. The second kappa shape index (κ2) is 4.41. The van der Waals surface area contributed by atoms with Crippen LogP contribution in [-0.2, 0) is 6.42 Å². The second-order valence-corrected chi connectivity index (χ2v) is 3.04. The van der Waals surface area contributed by atoms with E-state index in [1.807, 2.05) is 18.2 Å². The molecule has 0 unspecified atom stereocenters. The van der Waals surface area contributed by atoms with Crippen LogP contribution in [0.2, 0.25) is 0 Å². The van der Waals surface area contributed by atoms with E-state index in [-0.39, 0.29) is 0 Å². The Morgan fingerprint density at radius 2 is 2.33 bits per heavy atom. The molecule has 0 amide bonds. The molecule has 4 N–H and O–H groups in total. The lowest BCUT2D eigenvalue weighted by atomic mass is 10.3. The molecule has 0 bridgehead atoms. The third-order valence-corrected chi connectivity index (χ3v) is 1.89. The summed E-state index contributed by atoms with van der Waals surface area (Å²) in [6, 6.07) is 5.84. The van der Waals surface area contributed by atoms with Crippen LogP contribution in [-0.4, -0.2) is 26.7 Å². The van der Waals surface area contributed by atoms with Crippen molar-refractivity contribution in [3.63, 3.8) is 0 Å². The fraction of sp³-hybridized carbons (Fsp3) is 0.222. The molecule has 0 spiro atoms. The Hall–Kier alpha value is -2.11. The van der Waals surface area contributed by atoms with E-state index in [9.17, 15) is 0 Å². The quantitative estimate of drug-likeness (QED) is 0.671. The molecule has 2 heterocycles. The van der Waals surface area contributed by atoms with Crippen LogP contribution in [0.3, 0.4) is 0 Å². The fourth-order valence-electron chi connectivity index (χ4n) is 1.20. The van der Waals surface area contributed by atoms with Gasteiger partial charge in [-0.3, -0.25) is 4.98 Å². The number of aromatic nitrogens is 4. The molecule has 2 aromatic rings. The summed E-state index contributed by atoms with van der Waals surface area (Å²) in [5.41, 5.74) is 6.42. The lowest BCUT2D eigenvalue weighted by molar-refractivity contribution is 0.942. The van der Waals surface area contributed by atoms with Crippen molar-refractivity contribution in [2.45, 2.75) is 6.42 Å². The number of nitrogens with zero attached hydrogens (tertiary/aromatic N) is 3. The Kier molecular flexibility index (Phi) is 2.77. The average molecular weight is 204 g/mol. The molecule has 6 nitrogen and oxygen atoms in total. The minimum Gasteiger partial charge on any atom is -0.368 e. The largest absolute Gasteiger partial charge is 0.368 e. The van der Waals surface area contributed by atoms with Gasteiger partial charge >= 0.3 is 0 Å². The number of hydrogen-bond acceptors (Lipinski definition) is 5. The molecule has 0 aliphatic heterocycles. The van der Waals surface area contributed by atoms with E-state index >= 15 is 0 Å². The van der Waals surface area contributed by atoms with Gasteiger partial charge in [0.2, 0.25) is 11.9 Å². The predicted octanol–water partition coefficient (Wildman–Crippen LogP) is 0.436. The first-order valence-electron chi connectivity index (χ1n) is 4.66. The van der Waals surface area contributed by atoms with Crippen LogP contribution < -0.4 is 11.1 Å². The lowest BCUT2D eigenvalue weighted by Gasteiger charge is -2.00. The monoisotopic (exact) mass is 204 g/mol. The van der Waals surface area contributed by atoms with E-state index in [4.69, 9.17) is 5.73 Å². The fourth-order valence-corrected chi connectivity index (χ4v) is 1.20. The van der Waals surface area contributed by atoms with Crippen molar-refractivity contribution in [3.05, 3.63) is 30.1 Å². The van der Waals surface area contributed by atoms with E-state index in [2.05, 4.69) is 25.5 Å². The second-order valence-electron chi connectivity index (χ2n) is 3.04. The molecule has 78 valence electrons. The summed E-state index contributed by atoms with van der Waals surface area (Å²) in [6.45, 7) is 0.730. The number of hydrogen-bond donors (Lipinski definition) is 3. The van der Waals surface area contributed by atoms with Crippen molar-refractivity contribution >= 4 is 11.9 Å². The normalized spacial score (nSPS) is 10.1. The van der Waals surface area contributed by atoms with Crippen molar-refractivity contribution < 1.29 is 0 Å². The maximum Gasteiger partial charge on any atom is 0.243 e. The van der Waals surface area contributed by atoms with Gasteiger partial charge in [-0.25, -0.2) is 5.10 Å². The molecule has 6 heteroatoms. The average Bonchev–Trinajstić information content (AvgIpc) is 2.66. The molecule has 0 aliphatic rings. The molecule has 15 heavy (non-hydrogen) atoms. The molecular weight excluding hydrogens is 192 g/mol. The topological polar surface area (TPSA) is 92.5 Å². The minimum absolute atomic E-state index is 0.315. The Morgan fingerprint density at radius 3 is 3.00 bits per heavy atom. The van der Waals surface area contributed by atoms with Crippen molar-refractivity contribution in [2.24, 2.45) is 0 Å². The van der Waals surface area contributed by atoms with Gasteiger partial charge in [-0.15, -0.1) is 5.10 Å². The third kappa shape index (κ3) is 2.67. The van der Waals surface area contributed by atoms with Crippen molar-refractivity contribution in [2.75, 3.05) is 17.6 Å². The summed E-state index contributed by atoms with van der Waals surface area (Å²) in [6.07, 6.45) is 2.61. The molecule has 2 rings (SSSR count). The highest BCUT2D eigenvalue weighted by molar-refractivity contribution is 5.29. The first-order valence-corrected chi connectivity index (χ1v) is 4.66. The van der Waals surface area contributed by atoms with Gasteiger partial charge < -0.3 is 11.1 Å². The van der Waals surface area contributed by atoms with Crippen LogP contribution in [0.15, 0.2) is 24.4 Å². The molecule has 0 aliphatic carbocycles. The SMILES string of the molecule is Nc1nc(NCCc2ccccn2)n[nH]1. The molecule has 0 fully saturated rings. The highest BCUT2D eigenvalue weighted by Crippen LogP contribution is 1.99. The van der Waals surface area contributed by atoms with Gasteiger partial charge in [-0.05, 0) is 12.1 Å². The zero-order valence-electron chi connectivity index (χ0n) is 8.14. The van der Waals surface area contributed by atoms with Gasteiger partial charge in [0.05, 0.1) is 0 Å². The summed E-state index contributed by atoms with van der Waals surface area (Å²) in [4.78, 5) is 8.12. The van der Waals surface area contributed by atoms with Crippen molar-refractivity contribution in [3.8, 4) is 0 Å². The molecular formula is C9H12N6. The number of nitrogens with one attached hydrogen (secondary N) is 2. The van der Waals surface area contributed by atoms with Crippen LogP contribution in [0.25, 0.3) is 0 Å². The number of aromatic amines is 1. The molecule has 0 atom stereocenters. The lowest BCUT2D eigenvalue weighted by Crippen LogP contribution is -2.07. The zero-order chi connectivity index (χ0) is 10.5. The number of nitrogens with two attached hydrogens (primary N) is 1. The summed E-state index contributed by atoms with van der Waals surface area (Å²) < 4.78 is 0. The summed E-state index contributed by atoms with van der Waals surface area (Å²) in [7, 11) is 0. The van der Waals surface area contributed by atoms with Gasteiger partial charge in [0.1, 0.15) is 0 Å². The zero-order valence-corrected chi connectivity index (χ0v) is 8.14. The van der Waals surface area contributed by atoms with Gasteiger partial charge in [0, 0.05) is 24.9 Å². The standard InChI is InChI=1S/C9H12N6/c10-8-13-9(15-14-8)12-6-4-7-3-1-2-5-11-7/h1-3,5H,4,6H2,(H4,10,12,13,14,15). The van der Waals surface area contributed by atoms with Gasteiger partial charge in [0.15, 0.2) is 0 Å². The Morgan fingerprint density at radius 1 is 1.40 bits per heavy atom. The minimum atomic E-state index is 0.315. The smallest absolute Gasteiger partial charge is 0.243 e. The summed E-state index contributed by atoms with van der Waals surface area (Å²) >= 11 is 0. The van der Waals surface area contributed by atoms with E-state index in [0.29, 0.717) is 11.9 Å². The third-order valence-electron chi connectivity index (χ3n) is 1.89. The van der Waals surface area contributed by atoms with E-state index < -0.39 is 0 Å². The number of H-pyrrole nitrogens is 1. The summed E-state index contributed by atoms with van der Waals surface area (Å²) in [5.74, 6) is 0.832. The van der Waals surface area contributed by atoms with Crippen LogP contribution in [0.5, 0.6) is 0 Å². The van der Waals surface area contributed by atoms with E-state index in [0.717, 1.165) is 18.7 Å². The van der Waals surface area contributed by atoms with E-state index in [1.54, 1.807) is 6.20 Å². The van der Waals surface area contributed by atoms with Crippen molar-refractivity contribution in [1.29, 1.82) is 0 Å². The number of nitrogen functional groups attached to an aromatic ring is 1. The molecule has 0 saturated heterocycles. The van der Waals surface area contributed by atoms with Crippen LogP contribution in [0, 0.1) is 0 Å². The number of pyridine rings is 1. The molecule has 0 saturated carbocycles. The Balaban J connectivity index is 1.80. The van der Waals surface area contributed by atoms with Crippen LogP contribution in [0.1, 0.15) is 5.69 Å². The number of anilines is 2. The van der Waals surface area contributed by atoms with Crippen LogP contribution >= 0.6 is 0 Å². The van der Waals surface area contributed by atoms with E-state index in [1.165, 1.54) is 0 Å². The van der Waals surface area contributed by atoms with Gasteiger partial charge in [-0.2, -0.15) is 4.98 Å². The summed E-state index contributed by atoms with van der Waals surface area (Å²) in [5, 5.41) is 9.45. The molecule has 0 aromatic carbocycles. The van der Waals surface area contributed by atoms with Crippen LogP contribution in [0.4, 0.5) is 11.9 Å². The highest BCUT2D eigenvalue weighted by Gasteiger charge is 1.98. The Labute approximate surface area is 86.9 Å². The van der Waals surface area contributed by atoms with Gasteiger partial charge in [-0.1, -0.05) is 6.07 Å². The van der Waals surface area contributed by atoms with Crippen molar-refractivity contribution in [1.82, 2.24) is 20.2 Å². The molecule has 2 aromatic heterocycles. The maximum atomic E-state index is 5.38. The highest BCUT2D eigenvalue weighted by atomic mass is 15.3. The first kappa shape index (κ1) is 9.45. The predicted molar refractivity (Wildman–Crippen MR) is 57.2 cm³/mol.